The molecule has 0 aliphatic heterocycles. The topological polar surface area (TPSA) is 65.9 Å². The minimum absolute atomic E-state index is 0.0221. The molecule has 1 saturated carbocycles. The Kier molecular flexibility index (Phi) is 7.12. The van der Waals surface area contributed by atoms with Crippen LogP contribution in [0.5, 0.6) is 5.75 Å². The van der Waals surface area contributed by atoms with Gasteiger partial charge >= 0.3 is 0 Å². The number of ether oxygens (including phenoxy) is 1. The monoisotopic (exact) mass is 347 g/mol. The third-order valence-electron chi connectivity index (χ3n) is 4.63. The first kappa shape index (κ1) is 19.6. The maximum absolute atomic E-state index is 10.3. The first-order valence-corrected chi connectivity index (χ1v) is 9.30. The van der Waals surface area contributed by atoms with E-state index in [9.17, 15) is 5.11 Å². The molecule has 5 heteroatoms. The number of aliphatic imine (C=N–C) groups is 1. The molecule has 0 heterocycles. The van der Waals surface area contributed by atoms with Crippen LogP contribution in [-0.4, -0.2) is 37.4 Å². The zero-order valence-electron chi connectivity index (χ0n) is 16.1. The zero-order chi connectivity index (χ0) is 18.3. The third-order valence-corrected chi connectivity index (χ3v) is 4.63. The molecular formula is C20H33N3O2. The Bertz CT molecular complexity index is 573. The lowest BCUT2D eigenvalue weighted by molar-refractivity contribution is 0.208. The van der Waals surface area contributed by atoms with Crippen LogP contribution < -0.4 is 10.6 Å². The molecule has 1 fully saturated rings. The number of hydrogen-bond acceptors (Lipinski definition) is 3. The van der Waals surface area contributed by atoms with Crippen molar-refractivity contribution in [1.82, 2.24) is 5.32 Å². The minimum atomic E-state index is 0.0221. The Balaban J connectivity index is 2.15. The van der Waals surface area contributed by atoms with Gasteiger partial charge in [-0.25, -0.2) is 0 Å². The Morgan fingerprint density at radius 2 is 1.96 bits per heavy atom. The molecule has 0 bridgehead atoms. The van der Waals surface area contributed by atoms with Crippen molar-refractivity contribution in [2.75, 3.05) is 25.6 Å². The average molecular weight is 348 g/mol. The summed E-state index contributed by atoms with van der Waals surface area (Å²) in [6.45, 7) is 7.65. The Labute approximate surface area is 151 Å². The summed E-state index contributed by atoms with van der Waals surface area (Å²) in [6.07, 6.45) is 6.16. The van der Waals surface area contributed by atoms with Gasteiger partial charge in [-0.05, 0) is 36.0 Å². The quantitative estimate of drug-likeness (QED) is 0.326. The maximum Gasteiger partial charge on any atom is 0.196 e. The molecule has 5 nitrogen and oxygen atoms in total. The molecule has 140 valence electrons. The summed E-state index contributed by atoms with van der Waals surface area (Å²) in [4.78, 5) is 4.59. The van der Waals surface area contributed by atoms with Crippen molar-refractivity contribution in [3.63, 3.8) is 0 Å². The molecule has 1 aromatic carbocycles. The van der Waals surface area contributed by atoms with Crippen LogP contribution in [0.2, 0.25) is 0 Å². The molecular weight excluding hydrogens is 314 g/mol. The largest absolute Gasteiger partial charge is 0.506 e. The molecule has 25 heavy (non-hydrogen) atoms. The van der Waals surface area contributed by atoms with Gasteiger partial charge in [0, 0.05) is 13.2 Å². The first-order valence-electron chi connectivity index (χ1n) is 9.30. The second-order valence-electron chi connectivity index (χ2n) is 7.81. The highest BCUT2D eigenvalue weighted by Gasteiger charge is 2.18. The van der Waals surface area contributed by atoms with Crippen molar-refractivity contribution in [1.29, 1.82) is 0 Å². The highest BCUT2D eigenvalue weighted by molar-refractivity contribution is 5.95. The van der Waals surface area contributed by atoms with E-state index in [0.717, 1.165) is 0 Å². The van der Waals surface area contributed by atoms with E-state index in [1.54, 1.807) is 13.2 Å². The number of nitrogens with one attached hydrogen (secondary N) is 2. The van der Waals surface area contributed by atoms with E-state index in [0.29, 0.717) is 30.8 Å². The molecule has 1 aromatic rings. The van der Waals surface area contributed by atoms with Gasteiger partial charge in [-0.2, -0.15) is 0 Å². The van der Waals surface area contributed by atoms with Crippen molar-refractivity contribution in [3.05, 3.63) is 23.8 Å². The van der Waals surface area contributed by atoms with Crippen LogP contribution in [0.3, 0.4) is 0 Å². The standard InChI is InChI=1S/C20H33N3O2/c1-20(2,3)15-10-11-18(24)17(14-15)23-19(21-12-13-25-4)22-16-8-6-5-7-9-16/h10-11,14,16,24H,5-9,12-13H2,1-4H3,(H2,21,22,23). The Hall–Kier alpha value is -1.75. The average Bonchev–Trinajstić information content (AvgIpc) is 2.57. The molecule has 3 N–H and O–H groups in total. The summed E-state index contributed by atoms with van der Waals surface area (Å²) in [7, 11) is 1.68. The van der Waals surface area contributed by atoms with E-state index < -0.39 is 0 Å². The van der Waals surface area contributed by atoms with E-state index in [1.807, 2.05) is 12.1 Å². The van der Waals surface area contributed by atoms with Crippen molar-refractivity contribution in [2.45, 2.75) is 64.3 Å². The predicted molar refractivity (Wildman–Crippen MR) is 105 cm³/mol. The van der Waals surface area contributed by atoms with E-state index >= 15 is 0 Å². The lowest BCUT2D eigenvalue weighted by Gasteiger charge is -2.26. The number of phenolic OH excluding ortho intramolecular Hbond substituents is 1. The SMILES string of the molecule is COCCN=C(Nc1cc(C(C)(C)C)ccc1O)NC1CCCCC1. The molecule has 0 radical (unpaired) electrons. The Morgan fingerprint density at radius 3 is 2.60 bits per heavy atom. The molecule has 0 unspecified atom stereocenters. The van der Waals surface area contributed by atoms with Crippen LogP contribution in [0.15, 0.2) is 23.2 Å². The van der Waals surface area contributed by atoms with Crippen LogP contribution in [0.25, 0.3) is 0 Å². The fraction of sp³-hybridized carbons (Fsp3) is 0.650. The van der Waals surface area contributed by atoms with Crippen LogP contribution in [0.1, 0.15) is 58.4 Å². The number of aromatic hydroxyl groups is 1. The number of hydrogen-bond donors (Lipinski definition) is 3. The van der Waals surface area contributed by atoms with E-state index in [1.165, 1.54) is 37.7 Å². The molecule has 0 saturated heterocycles. The highest BCUT2D eigenvalue weighted by Crippen LogP contribution is 2.30. The van der Waals surface area contributed by atoms with Crippen molar-refractivity contribution < 1.29 is 9.84 Å². The number of benzene rings is 1. The molecule has 2 rings (SSSR count). The van der Waals surface area contributed by atoms with Crippen molar-refractivity contribution in [2.24, 2.45) is 4.99 Å². The van der Waals surface area contributed by atoms with Gasteiger partial charge in [0.05, 0.1) is 18.8 Å². The van der Waals surface area contributed by atoms with Crippen LogP contribution in [0.4, 0.5) is 5.69 Å². The normalized spacial score (nSPS) is 16.7. The van der Waals surface area contributed by atoms with Gasteiger partial charge in [0.2, 0.25) is 0 Å². The van der Waals surface area contributed by atoms with Gasteiger partial charge < -0.3 is 20.5 Å². The summed E-state index contributed by atoms with van der Waals surface area (Å²) >= 11 is 0. The molecule has 0 aromatic heterocycles. The van der Waals surface area contributed by atoms with E-state index in [4.69, 9.17) is 4.74 Å². The number of rotatable bonds is 5. The van der Waals surface area contributed by atoms with E-state index in [2.05, 4.69) is 36.4 Å². The number of phenols is 1. The van der Waals surface area contributed by atoms with Crippen molar-refractivity contribution in [3.8, 4) is 5.75 Å². The van der Waals surface area contributed by atoms with E-state index in [-0.39, 0.29) is 11.2 Å². The van der Waals surface area contributed by atoms with Gasteiger partial charge in [0.25, 0.3) is 0 Å². The molecule has 0 spiro atoms. The van der Waals surface area contributed by atoms with Gasteiger partial charge in [-0.15, -0.1) is 0 Å². The Morgan fingerprint density at radius 1 is 1.24 bits per heavy atom. The first-order chi connectivity index (χ1) is 11.9. The fourth-order valence-corrected chi connectivity index (χ4v) is 3.04. The van der Waals surface area contributed by atoms with Crippen molar-refractivity contribution >= 4 is 11.6 Å². The summed E-state index contributed by atoms with van der Waals surface area (Å²) in [5, 5.41) is 17.1. The number of guanidine groups is 1. The van der Waals surface area contributed by atoms with Gasteiger partial charge in [0.15, 0.2) is 5.96 Å². The van der Waals surface area contributed by atoms with Crippen LogP contribution >= 0.6 is 0 Å². The third kappa shape index (κ3) is 6.24. The number of nitrogens with zero attached hydrogens (tertiary/aromatic N) is 1. The summed E-state index contributed by atoms with van der Waals surface area (Å²) in [5.74, 6) is 0.947. The van der Waals surface area contributed by atoms with Gasteiger partial charge in [-0.3, -0.25) is 4.99 Å². The maximum atomic E-state index is 10.3. The smallest absolute Gasteiger partial charge is 0.196 e. The zero-order valence-corrected chi connectivity index (χ0v) is 16.1. The molecule has 1 aliphatic rings. The predicted octanol–water partition coefficient (Wildman–Crippen LogP) is 4.03. The second-order valence-corrected chi connectivity index (χ2v) is 7.81. The van der Waals surface area contributed by atoms with Crippen LogP contribution in [-0.2, 0) is 10.2 Å². The van der Waals surface area contributed by atoms with Gasteiger partial charge in [-0.1, -0.05) is 46.1 Å². The minimum Gasteiger partial charge on any atom is -0.506 e. The number of methoxy groups -OCH3 is 1. The molecule has 1 aliphatic carbocycles. The lowest BCUT2D eigenvalue weighted by Crippen LogP contribution is -2.40. The second kappa shape index (κ2) is 9.09. The highest BCUT2D eigenvalue weighted by atomic mass is 16.5. The summed E-state index contributed by atoms with van der Waals surface area (Å²) in [6, 6.07) is 6.16. The summed E-state index contributed by atoms with van der Waals surface area (Å²) in [5.41, 5.74) is 1.88. The number of anilines is 1. The van der Waals surface area contributed by atoms with Gasteiger partial charge in [0.1, 0.15) is 5.75 Å². The van der Waals surface area contributed by atoms with Crippen LogP contribution in [0, 0.1) is 0 Å². The summed E-state index contributed by atoms with van der Waals surface area (Å²) < 4.78 is 5.11. The lowest BCUT2D eigenvalue weighted by atomic mass is 9.87. The molecule has 0 atom stereocenters. The fourth-order valence-electron chi connectivity index (χ4n) is 3.04. The molecule has 0 amide bonds.